The van der Waals surface area contributed by atoms with Gasteiger partial charge in [-0.2, -0.15) is 0 Å². The van der Waals surface area contributed by atoms with Crippen LogP contribution in [-0.4, -0.2) is 43.8 Å². The fraction of sp³-hybridized carbons (Fsp3) is 1.00. The fourth-order valence-corrected chi connectivity index (χ4v) is 2.75. The normalized spacial score (nSPS) is 35.8. The largest absolute Gasteiger partial charge is 0.378 e. The molecule has 0 aliphatic carbocycles. The van der Waals surface area contributed by atoms with Crippen LogP contribution >= 0.6 is 0 Å². The highest BCUT2D eigenvalue weighted by atomic mass is 16.7. The van der Waals surface area contributed by atoms with E-state index in [2.05, 4.69) is 12.2 Å². The molecule has 2 saturated heterocycles. The Morgan fingerprint density at radius 3 is 2.78 bits per heavy atom. The average Bonchev–Trinajstić information content (AvgIpc) is 2.68. The van der Waals surface area contributed by atoms with Crippen molar-refractivity contribution < 1.29 is 14.2 Å². The fourth-order valence-electron chi connectivity index (χ4n) is 2.75. The summed E-state index contributed by atoms with van der Waals surface area (Å²) in [5.41, 5.74) is 0. The van der Waals surface area contributed by atoms with Crippen LogP contribution in [0.25, 0.3) is 0 Å². The predicted octanol–water partition coefficient (Wildman–Crippen LogP) is 2.08. The molecule has 3 unspecified atom stereocenters. The van der Waals surface area contributed by atoms with Gasteiger partial charge in [0.15, 0.2) is 5.79 Å². The quantitative estimate of drug-likeness (QED) is 0.818. The van der Waals surface area contributed by atoms with E-state index in [0.29, 0.717) is 18.8 Å². The standard InChI is InChI=1S/C14H27NO3/c1-4-5-12-8-11(6-7-16-12)15-9-13-10-17-14(2,3)18-13/h11-13,15H,4-10H2,1-3H3. The lowest BCUT2D eigenvalue weighted by Crippen LogP contribution is -2.42. The molecule has 0 aromatic heterocycles. The second kappa shape index (κ2) is 6.33. The Kier molecular flexibility index (Phi) is 5.01. The van der Waals surface area contributed by atoms with Gasteiger partial charge in [0, 0.05) is 19.2 Å². The maximum atomic E-state index is 5.80. The SMILES string of the molecule is CCCC1CC(NCC2COC(C)(C)O2)CCO1. The van der Waals surface area contributed by atoms with E-state index in [1.807, 2.05) is 13.8 Å². The molecule has 4 nitrogen and oxygen atoms in total. The van der Waals surface area contributed by atoms with Gasteiger partial charge in [0.25, 0.3) is 0 Å². The van der Waals surface area contributed by atoms with E-state index in [1.165, 1.54) is 12.8 Å². The first kappa shape index (κ1) is 14.3. The van der Waals surface area contributed by atoms with Gasteiger partial charge in [-0.05, 0) is 33.1 Å². The lowest BCUT2D eigenvalue weighted by molar-refractivity contribution is -0.138. The predicted molar refractivity (Wildman–Crippen MR) is 70.6 cm³/mol. The second-order valence-corrected chi connectivity index (χ2v) is 5.86. The van der Waals surface area contributed by atoms with Gasteiger partial charge in [0.05, 0.1) is 18.8 Å². The molecule has 2 aliphatic heterocycles. The van der Waals surface area contributed by atoms with Gasteiger partial charge in [-0.1, -0.05) is 13.3 Å². The average molecular weight is 257 g/mol. The molecule has 2 fully saturated rings. The van der Waals surface area contributed by atoms with Gasteiger partial charge in [0.1, 0.15) is 0 Å². The van der Waals surface area contributed by atoms with Gasteiger partial charge < -0.3 is 19.5 Å². The highest BCUT2D eigenvalue weighted by molar-refractivity contribution is 4.80. The first-order valence-corrected chi connectivity index (χ1v) is 7.26. The van der Waals surface area contributed by atoms with Crippen molar-refractivity contribution in [2.24, 2.45) is 0 Å². The number of hydrogen-bond donors (Lipinski definition) is 1. The third kappa shape index (κ3) is 4.19. The van der Waals surface area contributed by atoms with Crippen LogP contribution in [0.3, 0.4) is 0 Å². The molecule has 1 N–H and O–H groups in total. The number of hydrogen-bond acceptors (Lipinski definition) is 4. The van der Waals surface area contributed by atoms with E-state index < -0.39 is 5.79 Å². The maximum absolute atomic E-state index is 5.80. The minimum atomic E-state index is -0.410. The Labute approximate surface area is 110 Å². The molecule has 18 heavy (non-hydrogen) atoms. The van der Waals surface area contributed by atoms with Gasteiger partial charge in [-0.15, -0.1) is 0 Å². The Hall–Kier alpha value is -0.160. The summed E-state index contributed by atoms with van der Waals surface area (Å²) in [6.45, 7) is 8.62. The molecule has 4 heteroatoms. The molecule has 0 spiro atoms. The van der Waals surface area contributed by atoms with Crippen molar-refractivity contribution in [2.75, 3.05) is 19.8 Å². The molecule has 0 aromatic carbocycles. The third-order valence-electron chi connectivity index (χ3n) is 3.68. The van der Waals surface area contributed by atoms with Gasteiger partial charge in [-0.25, -0.2) is 0 Å². The Morgan fingerprint density at radius 1 is 1.28 bits per heavy atom. The smallest absolute Gasteiger partial charge is 0.163 e. The lowest BCUT2D eigenvalue weighted by Gasteiger charge is -2.30. The molecule has 106 valence electrons. The van der Waals surface area contributed by atoms with E-state index in [4.69, 9.17) is 14.2 Å². The lowest BCUT2D eigenvalue weighted by atomic mass is 10.00. The van der Waals surface area contributed by atoms with Crippen molar-refractivity contribution in [3.05, 3.63) is 0 Å². The molecule has 0 amide bonds. The molecule has 2 rings (SSSR count). The van der Waals surface area contributed by atoms with Crippen LogP contribution in [0.15, 0.2) is 0 Å². The topological polar surface area (TPSA) is 39.7 Å². The highest BCUT2D eigenvalue weighted by Crippen LogP contribution is 2.22. The first-order chi connectivity index (χ1) is 8.59. The molecule has 0 bridgehead atoms. The second-order valence-electron chi connectivity index (χ2n) is 5.86. The maximum Gasteiger partial charge on any atom is 0.163 e. The summed E-state index contributed by atoms with van der Waals surface area (Å²) in [5, 5.41) is 3.60. The van der Waals surface area contributed by atoms with Crippen molar-refractivity contribution >= 4 is 0 Å². The van der Waals surface area contributed by atoms with E-state index >= 15 is 0 Å². The van der Waals surface area contributed by atoms with Gasteiger partial charge in [-0.3, -0.25) is 0 Å². The van der Waals surface area contributed by atoms with E-state index in [9.17, 15) is 0 Å². The minimum absolute atomic E-state index is 0.187. The van der Waals surface area contributed by atoms with Crippen molar-refractivity contribution in [2.45, 2.75) is 70.5 Å². The zero-order chi connectivity index (χ0) is 13.0. The summed E-state index contributed by atoms with van der Waals surface area (Å²) in [5.74, 6) is -0.410. The Morgan fingerprint density at radius 2 is 2.11 bits per heavy atom. The van der Waals surface area contributed by atoms with Crippen molar-refractivity contribution in [3.63, 3.8) is 0 Å². The van der Waals surface area contributed by atoms with Crippen LogP contribution in [0.4, 0.5) is 0 Å². The van der Waals surface area contributed by atoms with Gasteiger partial charge >= 0.3 is 0 Å². The molecule has 2 aliphatic rings. The number of ether oxygens (including phenoxy) is 3. The van der Waals surface area contributed by atoms with E-state index in [-0.39, 0.29) is 6.10 Å². The van der Waals surface area contributed by atoms with Crippen molar-refractivity contribution in [1.29, 1.82) is 0 Å². The molecule has 0 saturated carbocycles. The summed E-state index contributed by atoms with van der Waals surface area (Å²) in [7, 11) is 0. The van der Waals surface area contributed by atoms with Crippen LogP contribution < -0.4 is 5.32 Å². The van der Waals surface area contributed by atoms with Crippen molar-refractivity contribution in [3.8, 4) is 0 Å². The molecule has 2 heterocycles. The van der Waals surface area contributed by atoms with Crippen LogP contribution in [-0.2, 0) is 14.2 Å². The minimum Gasteiger partial charge on any atom is -0.378 e. The van der Waals surface area contributed by atoms with E-state index in [0.717, 1.165) is 26.0 Å². The monoisotopic (exact) mass is 257 g/mol. The summed E-state index contributed by atoms with van der Waals surface area (Å²) >= 11 is 0. The van der Waals surface area contributed by atoms with Gasteiger partial charge in [0.2, 0.25) is 0 Å². The summed E-state index contributed by atoms with van der Waals surface area (Å²) in [6, 6.07) is 0.572. The van der Waals surface area contributed by atoms with Crippen molar-refractivity contribution in [1.82, 2.24) is 5.32 Å². The third-order valence-corrected chi connectivity index (χ3v) is 3.68. The zero-order valence-electron chi connectivity index (χ0n) is 11.9. The number of nitrogens with one attached hydrogen (secondary N) is 1. The van der Waals surface area contributed by atoms with Crippen LogP contribution in [0, 0.1) is 0 Å². The molecule has 3 atom stereocenters. The molecular formula is C14H27NO3. The van der Waals surface area contributed by atoms with Crippen LogP contribution in [0.2, 0.25) is 0 Å². The summed E-state index contributed by atoms with van der Waals surface area (Å²) in [6.07, 6.45) is 5.24. The molecule has 0 radical (unpaired) electrons. The molecule has 0 aromatic rings. The van der Waals surface area contributed by atoms with Crippen LogP contribution in [0.1, 0.15) is 46.5 Å². The number of rotatable bonds is 5. The highest BCUT2D eigenvalue weighted by Gasteiger charge is 2.33. The Bertz CT molecular complexity index is 255. The summed E-state index contributed by atoms with van der Waals surface area (Å²) < 4.78 is 17.1. The Balaban J connectivity index is 1.67. The zero-order valence-corrected chi connectivity index (χ0v) is 11.9. The molecular weight excluding hydrogens is 230 g/mol. The van der Waals surface area contributed by atoms with E-state index in [1.54, 1.807) is 0 Å². The van der Waals surface area contributed by atoms with Crippen LogP contribution in [0.5, 0.6) is 0 Å². The first-order valence-electron chi connectivity index (χ1n) is 7.26. The summed E-state index contributed by atoms with van der Waals surface area (Å²) in [4.78, 5) is 0.